The fourth-order valence-corrected chi connectivity index (χ4v) is 0.518. The van der Waals surface area contributed by atoms with E-state index >= 15 is 0 Å². The van der Waals surface area contributed by atoms with Crippen LogP contribution in [-0.2, 0) is 0 Å². The summed E-state index contributed by atoms with van der Waals surface area (Å²) < 4.78 is 14.4. The van der Waals surface area contributed by atoms with Crippen LogP contribution in [0.25, 0.3) is 0 Å². The Morgan fingerprint density at radius 1 is 1.60 bits per heavy atom. The molecule has 0 aliphatic carbocycles. The van der Waals surface area contributed by atoms with Crippen molar-refractivity contribution in [2.24, 2.45) is 0 Å². The lowest BCUT2D eigenvalue weighted by molar-refractivity contribution is 0.0697. The fourth-order valence-electron chi connectivity index (χ4n) is 0.518. The molecule has 0 bridgehead atoms. The average Bonchev–Trinajstić information content (AvgIpc) is 1.82. The third-order valence-corrected chi connectivity index (χ3v) is 0.980. The van der Waals surface area contributed by atoms with Gasteiger partial charge in [0.15, 0.2) is 0 Å². The molecule has 0 radical (unpaired) electrons. The average molecular weight is 139 g/mol. The van der Waals surface area contributed by atoms with Crippen LogP contribution in [0.2, 0.25) is 0 Å². The minimum Gasteiger partial charge on any atom is -0.478 e. The third kappa shape index (κ3) is 1.25. The van der Waals surface area contributed by atoms with Crippen molar-refractivity contribution in [3.63, 3.8) is 0 Å². The Kier molecular flexibility index (Phi) is 1.03. The molecule has 3 N–H and O–H groups in total. The van der Waals surface area contributed by atoms with Gasteiger partial charge in [-0.15, -0.1) is 0 Å². The standard InChI is InChI=1S/C7H7NO2/c8-6-3-1-5(2-4-6)7(9)10/h1-4H,8H2,(H,9,10)/i1D,2D. The third-order valence-electron chi connectivity index (χ3n) is 0.980. The summed E-state index contributed by atoms with van der Waals surface area (Å²) in [6, 6.07) is 1.96. The molecule has 0 aliphatic rings. The molecular weight excluding hydrogens is 130 g/mol. The van der Waals surface area contributed by atoms with Crippen molar-refractivity contribution in [3.05, 3.63) is 29.8 Å². The van der Waals surface area contributed by atoms with Crippen LogP contribution in [0.15, 0.2) is 24.2 Å². The molecule has 0 unspecified atom stereocenters. The first-order chi connectivity index (χ1) is 5.52. The molecule has 1 aromatic carbocycles. The van der Waals surface area contributed by atoms with Crippen molar-refractivity contribution in [1.82, 2.24) is 0 Å². The highest BCUT2D eigenvalue weighted by atomic mass is 16.4. The summed E-state index contributed by atoms with van der Waals surface area (Å²) in [6.45, 7) is 0. The molecule has 10 heavy (non-hydrogen) atoms. The van der Waals surface area contributed by atoms with E-state index < -0.39 is 5.97 Å². The van der Waals surface area contributed by atoms with Gasteiger partial charge in [0, 0.05) is 5.69 Å². The molecule has 0 saturated heterocycles. The van der Waals surface area contributed by atoms with E-state index in [1.165, 1.54) is 12.1 Å². The van der Waals surface area contributed by atoms with Crippen LogP contribution in [-0.4, -0.2) is 11.1 Å². The molecule has 1 aromatic rings. The Hall–Kier alpha value is -1.51. The number of benzene rings is 1. The maximum Gasteiger partial charge on any atom is 0.335 e. The lowest BCUT2D eigenvalue weighted by atomic mass is 10.2. The van der Waals surface area contributed by atoms with Gasteiger partial charge in [0.1, 0.15) is 0 Å². The molecule has 52 valence electrons. The summed E-state index contributed by atoms with van der Waals surface area (Å²) in [7, 11) is 0. The second kappa shape index (κ2) is 2.39. The molecule has 1 rings (SSSR count). The smallest absolute Gasteiger partial charge is 0.335 e. The molecule has 0 aliphatic heterocycles. The molecule has 0 heterocycles. The highest BCUT2D eigenvalue weighted by Crippen LogP contribution is 2.04. The van der Waals surface area contributed by atoms with Gasteiger partial charge in [-0.25, -0.2) is 4.79 Å². The first-order valence-corrected chi connectivity index (χ1v) is 2.62. The number of anilines is 1. The van der Waals surface area contributed by atoms with Crippen molar-refractivity contribution in [1.29, 1.82) is 0 Å². The maximum absolute atomic E-state index is 10.5. The zero-order valence-electron chi connectivity index (χ0n) is 7.09. The van der Waals surface area contributed by atoms with Crippen LogP contribution < -0.4 is 5.73 Å². The van der Waals surface area contributed by atoms with E-state index in [9.17, 15) is 4.79 Å². The van der Waals surface area contributed by atoms with Crippen LogP contribution in [0, 0.1) is 0 Å². The quantitative estimate of drug-likeness (QED) is 0.570. The SMILES string of the molecule is [2H]c1cc(N)cc([2H])c1C(=O)O. The maximum atomic E-state index is 10.5. The fraction of sp³-hybridized carbons (Fsp3) is 0. The first kappa shape index (κ1) is 4.33. The zero-order chi connectivity index (χ0) is 9.30. The molecular formula is C7H7NO2. The molecule has 3 nitrogen and oxygen atoms in total. The summed E-state index contributed by atoms with van der Waals surface area (Å²) in [4.78, 5) is 10.5. The lowest BCUT2D eigenvalue weighted by Crippen LogP contribution is -1.95. The van der Waals surface area contributed by atoms with Gasteiger partial charge in [-0.2, -0.15) is 0 Å². The van der Waals surface area contributed by atoms with Gasteiger partial charge in [0.25, 0.3) is 0 Å². The topological polar surface area (TPSA) is 63.3 Å². The molecule has 0 aromatic heterocycles. The summed E-state index contributed by atoms with van der Waals surface area (Å²) in [5.74, 6) is -1.27. The van der Waals surface area contributed by atoms with Crippen LogP contribution in [0.5, 0.6) is 0 Å². The van der Waals surface area contributed by atoms with Gasteiger partial charge in [-0.3, -0.25) is 0 Å². The van der Waals surface area contributed by atoms with Crippen molar-refractivity contribution in [2.45, 2.75) is 0 Å². The number of carbonyl (C=O) groups is 1. The Morgan fingerprint density at radius 2 is 2.10 bits per heavy atom. The molecule has 0 spiro atoms. The zero-order valence-corrected chi connectivity index (χ0v) is 5.09. The molecule has 0 saturated carbocycles. The number of carboxylic acids is 1. The van der Waals surface area contributed by atoms with E-state index in [0.717, 1.165) is 0 Å². The lowest BCUT2D eigenvalue weighted by Gasteiger charge is -1.93. The minimum absolute atomic E-state index is 0.229. The predicted octanol–water partition coefficient (Wildman–Crippen LogP) is 0.967. The van der Waals surface area contributed by atoms with Gasteiger partial charge in [0.05, 0.1) is 8.30 Å². The monoisotopic (exact) mass is 139 g/mol. The molecule has 0 fully saturated rings. The Balaban J connectivity index is 3.38. The van der Waals surface area contributed by atoms with E-state index in [2.05, 4.69) is 0 Å². The number of nitrogens with two attached hydrogens (primary N) is 1. The van der Waals surface area contributed by atoms with Gasteiger partial charge in [-0.1, -0.05) is 0 Å². The van der Waals surface area contributed by atoms with E-state index in [0.29, 0.717) is 0 Å². The molecule has 0 atom stereocenters. The van der Waals surface area contributed by atoms with Crippen molar-refractivity contribution < 1.29 is 12.6 Å². The Bertz CT molecular complexity index is 315. The second-order valence-electron chi connectivity index (χ2n) is 1.76. The number of nitrogen functional groups attached to an aromatic ring is 1. The predicted molar refractivity (Wildman–Crippen MR) is 37.8 cm³/mol. The van der Waals surface area contributed by atoms with Crippen molar-refractivity contribution in [3.8, 4) is 0 Å². The molecule has 3 heteroatoms. The first-order valence-electron chi connectivity index (χ1n) is 3.62. The largest absolute Gasteiger partial charge is 0.478 e. The van der Waals surface area contributed by atoms with E-state index in [-0.39, 0.29) is 23.3 Å². The summed E-state index contributed by atoms with van der Waals surface area (Å²) in [5, 5.41) is 8.56. The van der Waals surface area contributed by atoms with E-state index in [1.54, 1.807) is 0 Å². The van der Waals surface area contributed by atoms with E-state index in [4.69, 9.17) is 13.6 Å². The summed E-state index contributed by atoms with van der Waals surface area (Å²) >= 11 is 0. The van der Waals surface area contributed by atoms with Crippen LogP contribution >= 0.6 is 0 Å². The highest BCUT2D eigenvalue weighted by molar-refractivity contribution is 5.87. The normalized spacial score (nSPS) is 12.0. The minimum atomic E-state index is -1.27. The number of rotatable bonds is 1. The second-order valence-corrected chi connectivity index (χ2v) is 1.76. The van der Waals surface area contributed by atoms with Crippen molar-refractivity contribution >= 4 is 11.7 Å². The highest BCUT2D eigenvalue weighted by Gasteiger charge is 1.98. The number of hydrogen-bond acceptors (Lipinski definition) is 2. The van der Waals surface area contributed by atoms with Gasteiger partial charge < -0.3 is 10.8 Å². The van der Waals surface area contributed by atoms with Gasteiger partial charge in [-0.05, 0) is 24.2 Å². The summed E-state index contributed by atoms with van der Waals surface area (Å²) in [5.41, 5.74) is 5.21. The summed E-state index contributed by atoms with van der Waals surface area (Å²) in [6.07, 6.45) is 0. The van der Waals surface area contributed by atoms with Gasteiger partial charge >= 0.3 is 5.97 Å². The van der Waals surface area contributed by atoms with Gasteiger partial charge in [0.2, 0.25) is 0 Å². The Labute approximate surface area is 60.9 Å². The van der Waals surface area contributed by atoms with E-state index in [1.807, 2.05) is 0 Å². The van der Waals surface area contributed by atoms with Crippen LogP contribution in [0.3, 0.4) is 0 Å². The number of carboxylic acid groups (broad SMARTS) is 1. The Morgan fingerprint density at radius 3 is 2.50 bits per heavy atom. The van der Waals surface area contributed by atoms with Crippen LogP contribution in [0.4, 0.5) is 5.69 Å². The number of aromatic carboxylic acids is 1. The number of hydrogen-bond donors (Lipinski definition) is 2. The van der Waals surface area contributed by atoms with Crippen LogP contribution in [0.1, 0.15) is 13.1 Å². The van der Waals surface area contributed by atoms with Crippen molar-refractivity contribution in [2.75, 3.05) is 5.73 Å². The molecule has 0 amide bonds.